The van der Waals surface area contributed by atoms with Gasteiger partial charge in [-0.3, -0.25) is 0 Å². The minimum absolute atomic E-state index is 0.584. The van der Waals surface area contributed by atoms with Crippen LogP contribution in [-0.2, 0) is 0 Å². The molecule has 3 rings (SSSR count). The van der Waals surface area contributed by atoms with Gasteiger partial charge in [-0.05, 0) is 36.8 Å². The zero-order chi connectivity index (χ0) is 18.5. The van der Waals surface area contributed by atoms with Gasteiger partial charge >= 0.3 is 0 Å². The van der Waals surface area contributed by atoms with E-state index in [1.165, 1.54) is 18.0 Å². The van der Waals surface area contributed by atoms with Crippen LogP contribution in [0.25, 0.3) is 5.70 Å². The second kappa shape index (κ2) is 8.21. The molecule has 2 N–H and O–H groups in total. The summed E-state index contributed by atoms with van der Waals surface area (Å²) in [5.41, 5.74) is 9.66. The standard InChI is InChI=1S/C21H18ClN3S/c1-14-11-12-18(15(2)24-19-9-5-3-7-16(19)13-23)25-21(14)26-20-10-6-4-8-17(20)22/h3-13H,2,23H2,1H3/b16-13-,24-19-. The van der Waals surface area contributed by atoms with Gasteiger partial charge in [0.1, 0.15) is 5.03 Å². The molecule has 0 bridgehead atoms. The van der Waals surface area contributed by atoms with Crippen LogP contribution in [0, 0.1) is 6.92 Å². The smallest absolute Gasteiger partial charge is 0.104 e. The summed E-state index contributed by atoms with van der Waals surface area (Å²) in [5, 5.41) is 1.59. The summed E-state index contributed by atoms with van der Waals surface area (Å²) in [6.07, 6.45) is 9.18. The molecule has 0 unspecified atom stereocenters. The van der Waals surface area contributed by atoms with Crippen molar-refractivity contribution >= 4 is 34.8 Å². The third-order valence-corrected chi connectivity index (χ3v) is 5.39. The van der Waals surface area contributed by atoms with Crippen molar-refractivity contribution in [2.75, 3.05) is 0 Å². The van der Waals surface area contributed by atoms with Crippen LogP contribution in [0.4, 0.5) is 0 Å². The summed E-state index contributed by atoms with van der Waals surface area (Å²) in [6, 6.07) is 11.7. The monoisotopic (exact) mass is 379 g/mol. The van der Waals surface area contributed by atoms with Crippen molar-refractivity contribution < 1.29 is 0 Å². The lowest BCUT2D eigenvalue weighted by molar-refractivity contribution is 1.05. The minimum Gasteiger partial charge on any atom is -0.404 e. The number of aromatic nitrogens is 1. The number of benzene rings is 1. The van der Waals surface area contributed by atoms with Crippen molar-refractivity contribution in [1.29, 1.82) is 0 Å². The minimum atomic E-state index is 0.584. The highest BCUT2D eigenvalue weighted by Crippen LogP contribution is 2.34. The fourth-order valence-corrected chi connectivity index (χ4v) is 3.48. The lowest BCUT2D eigenvalue weighted by Crippen LogP contribution is -2.03. The van der Waals surface area contributed by atoms with Crippen LogP contribution in [0.5, 0.6) is 0 Å². The first-order chi connectivity index (χ1) is 12.6. The van der Waals surface area contributed by atoms with Gasteiger partial charge in [0.2, 0.25) is 0 Å². The third kappa shape index (κ3) is 4.15. The molecule has 26 heavy (non-hydrogen) atoms. The molecule has 1 aromatic carbocycles. The maximum atomic E-state index is 6.27. The average Bonchev–Trinajstić information content (AvgIpc) is 2.65. The van der Waals surface area contributed by atoms with E-state index < -0.39 is 0 Å². The summed E-state index contributed by atoms with van der Waals surface area (Å²) in [4.78, 5) is 10.3. The predicted molar refractivity (Wildman–Crippen MR) is 112 cm³/mol. The van der Waals surface area contributed by atoms with Crippen LogP contribution in [0.2, 0.25) is 5.02 Å². The Bertz CT molecular complexity index is 971. The maximum absolute atomic E-state index is 6.27. The number of aryl methyl sites for hydroxylation is 1. The highest BCUT2D eigenvalue weighted by Gasteiger charge is 2.10. The van der Waals surface area contributed by atoms with Crippen molar-refractivity contribution in [3.8, 4) is 0 Å². The summed E-state index contributed by atoms with van der Waals surface area (Å²) in [7, 11) is 0. The number of nitrogens with zero attached hydrogens (tertiary/aromatic N) is 2. The van der Waals surface area contributed by atoms with Crippen molar-refractivity contribution in [3.63, 3.8) is 0 Å². The van der Waals surface area contributed by atoms with Crippen LogP contribution in [0.3, 0.4) is 0 Å². The molecule has 1 aliphatic rings. The number of hydrogen-bond donors (Lipinski definition) is 1. The first kappa shape index (κ1) is 18.2. The second-order valence-corrected chi connectivity index (χ2v) is 7.07. The zero-order valence-corrected chi connectivity index (χ0v) is 15.9. The molecule has 0 aliphatic heterocycles. The van der Waals surface area contributed by atoms with E-state index in [1.807, 2.05) is 67.6 Å². The Morgan fingerprint density at radius 3 is 2.73 bits per heavy atom. The van der Waals surface area contributed by atoms with E-state index in [1.54, 1.807) is 0 Å². The Hall–Kier alpha value is -2.56. The SMILES string of the molecule is C=C(/N=C1/C=CC=C/C1=C/N)c1ccc(C)c(Sc2ccccc2Cl)n1. The van der Waals surface area contributed by atoms with E-state index in [-0.39, 0.29) is 0 Å². The molecule has 0 radical (unpaired) electrons. The Kier molecular flexibility index (Phi) is 5.76. The van der Waals surface area contributed by atoms with Gasteiger partial charge in [0.25, 0.3) is 0 Å². The lowest BCUT2D eigenvalue weighted by atomic mass is 10.1. The Balaban J connectivity index is 1.90. The molecule has 130 valence electrons. The number of nitrogens with two attached hydrogens (primary N) is 1. The van der Waals surface area contributed by atoms with Crippen molar-refractivity contribution in [2.24, 2.45) is 10.7 Å². The van der Waals surface area contributed by atoms with Crippen LogP contribution < -0.4 is 5.73 Å². The molecule has 3 nitrogen and oxygen atoms in total. The third-order valence-electron chi connectivity index (χ3n) is 3.76. The Labute approximate surface area is 162 Å². The number of pyridine rings is 1. The van der Waals surface area contributed by atoms with E-state index >= 15 is 0 Å². The maximum Gasteiger partial charge on any atom is 0.104 e. The summed E-state index contributed by atoms with van der Waals surface area (Å²) in [5.74, 6) is 0. The summed E-state index contributed by atoms with van der Waals surface area (Å²) < 4.78 is 0. The molecule has 0 atom stereocenters. The number of halogens is 1. The van der Waals surface area contributed by atoms with Crippen molar-refractivity contribution in [2.45, 2.75) is 16.8 Å². The first-order valence-corrected chi connectivity index (χ1v) is 9.23. The Morgan fingerprint density at radius 1 is 1.19 bits per heavy atom. The topological polar surface area (TPSA) is 51.3 Å². The molecule has 0 fully saturated rings. The van der Waals surface area contributed by atoms with E-state index in [9.17, 15) is 0 Å². The summed E-state index contributed by atoms with van der Waals surface area (Å²) >= 11 is 7.80. The average molecular weight is 380 g/mol. The van der Waals surface area contributed by atoms with Crippen LogP contribution in [-0.4, -0.2) is 10.7 Å². The predicted octanol–water partition coefficient (Wildman–Crippen LogP) is 5.57. The molecule has 1 aromatic heterocycles. The van der Waals surface area contributed by atoms with Gasteiger partial charge in [0.05, 0.1) is 22.1 Å². The second-order valence-electron chi connectivity index (χ2n) is 5.64. The highest BCUT2D eigenvalue weighted by molar-refractivity contribution is 7.99. The summed E-state index contributed by atoms with van der Waals surface area (Å²) in [6.45, 7) is 6.09. The van der Waals surface area contributed by atoms with Gasteiger partial charge in [-0.2, -0.15) is 0 Å². The molecule has 0 saturated heterocycles. The molecular formula is C21H18ClN3S. The quantitative estimate of drug-likeness (QED) is 0.754. The van der Waals surface area contributed by atoms with Crippen LogP contribution in [0.1, 0.15) is 11.3 Å². The highest BCUT2D eigenvalue weighted by atomic mass is 35.5. The number of rotatable bonds is 4. The van der Waals surface area contributed by atoms with Crippen LogP contribution in [0.15, 0.2) is 94.0 Å². The van der Waals surface area contributed by atoms with Gasteiger partial charge in [0, 0.05) is 16.7 Å². The fraction of sp³-hybridized carbons (Fsp3) is 0.0476. The molecule has 2 aromatic rings. The molecular weight excluding hydrogens is 362 g/mol. The van der Waals surface area contributed by atoms with Gasteiger partial charge in [-0.25, -0.2) is 9.98 Å². The van der Waals surface area contributed by atoms with Gasteiger partial charge in [0.15, 0.2) is 0 Å². The molecule has 0 spiro atoms. The molecule has 0 amide bonds. The zero-order valence-electron chi connectivity index (χ0n) is 14.3. The molecule has 1 heterocycles. The number of aliphatic imine (C=N–C) groups is 1. The lowest BCUT2D eigenvalue weighted by Gasteiger charge is -2.10. The van der Waals surface area contributed by atoms with E-state index in [4.69, 9.17) is 22.3 Å². The van der Waals surface area contributed by atoms with Crippen molar-refractivity contribution in [1.82, 2.24) is 4.98 Å². The Morgan fingerprint density at radius 2 is 1.96 bits per heavy atom. The largest absolute Gasteiger partial charge is 0.404 e. The van der Waals surface area contributed by atoms with Gasteiger partial charge < -0.3 is 5.73 Å². The van der Waals surface area contributed by atoms with E-state index in [0.717, 1.165) is 32.5 Å². The van der Waals surface area contributed by atoms with Crippen molar-refractivity contribution in [3.05, 3.63) is 95.3 Å². The van der Waals surface area contributed by atoms with Gasteiger partial charge in [-0.1, -0.05) is 66.4 Å². The number of allylic oxidation sites excluding steroid dienone is 5. The molecule has 5 heteroatoms. The van der Waals surface area contributed by atoms with E-state index in [2.05, 4.69) is 11.6 Å². The molecule has 0 saturated carbocycles. The van der Waals surface area contributed by atoms with Gasteiger partial charge in [-0.15, -0.1) is 0 Å². The first-order valence-electron chi connectivity index (χ1n) is 8.03. The van der Waals surface area contributed by atoms with Crippen LogP contribution >= 0.6 is 23.4 Å². The normalized spacial score (nSPS) is 16.4. The fourth-order valence-electron chi connectivity index (χ4n) is 2.34. The number of hydrogen-bond acceptors (Lipinski definition) is 4. The molecule has 1 aliphatic carbocycles. The van der Waals surface area contributed by atoms with E-state index in [0.29, 0.717) is 10.7 Å².